The van der Waals surface area contributed by atoms with E-state index in [1.165, 1.54) is 11.8 Å². The summed E-state index contributed by atoms with van der Waals surface area (Å²) in [5.74, 6) is 0.942. The van der Waals surface area contributed by atoms with Gasteiger partial charge in [-0.05, 0) is 19.8 Å². The third-order valence-corrected chi connectivity index (χ3v) is 3.70. The van der Waals surface area contributed by atoms with E-state index in [0.717, 1.165) is 18.7 Å². The molecule has 0 radical (unpaired) electrons. The second-order valence-corrected chi connectivity index (χ2v) is 5.35. The number of carboxylic acid groups (broad SMARTS) is 1. The number of carbonyl (C=O) groups is 1. The number of ether oxygens (including phenoxy) is 1. The van der Waals surface area contributed by atoms with Gasteiger partial charge in [0, 0.05) is 18.8 Å². The lowest BCUT2D eigenvalue weighted by Gasteiger charge is -2.09. The summed E-state index contributed by atoms with van der Waals surface area (Å²) in [6.07, 6.45) is 2.21. The van der Waals surface area contributed by atoms with E-state index < -0.39 is 5.97 Å². The van der Waals surface area contributed by atoms with Crippen LogP contribution in [0.3, 0.4) is 0 Å². The van der Waals surface area contributed by atoms with E-state index in [0.29, 0.717) is 29.0 Å². The summed E-state index contributed by atoms with van der Waals surface area (Å²) in [5.41, 5.74) is 0.778. The molecule has 0 aliphatic heterocycles. The maximum atomic E-state index is 11.2. The first kappa shape index (κ1) is 13.3. The lowest BCUT2D eigenvalue weighted by Crippen LogP contribution is -2.10. The zero-order chi connectivity index (χ0) is 13.1. The largest absolute Gasteiger partial charge is 0.478 e. The number of hydrogen-bond acceptors (Lipinski definition) is 5. The van der Waals surface area contributed by atoms with Gasteiger partial charge in [-0.1, -0.05) is 0 Å². The van der Waals surface area contributed by atoms with Crippen molar-refractivity contribution in [2.45, 2.75) is 30.7 Å². The number of methoxy groups -OCH3 is 1. The zero-order valence-electron chi connectivity index (χ0n) is 10.5. The standard InChI is InChI=1S/C12H16N2O3S/c1-7-9(12(15)16)11(18-6-5-17-2)14-10(13-7)8-3-4-8/h8H,3-6H2,1-2H3,(H,15,16). The molecule has 18 heavy (non-hydrogen) atoms. The lowest BCUT2D eigenvalue weighted by atomic mass is 10.2. The molecule has 0 spiro atoms. The highest BCUT2D eigenvalue weighted by Gasteiger charge is 2.29. The molecule has 0 atom stereocenters. The summed E-state index contributed by atoms with van der Waals surface area (Å²) in [6.45, 7) is 2.31. The molecule has 0 bridgehead atoms. The van der Waals surface area contributed by atoms with E-state index in [4.69, 9.17) is 4.74 Å². The fourth-order valence-electron chi connectivity index (χ4n) is 1.66. The molecule has 1 aromatic rings. The average Bonchev–Trinajstić information content (AvgIpc) is 3.11. The first-order valence-electron chi connectivity index (χ1n) is 5.87. The molecule has 1 aromatic heterocycles. The number of aromatic carboxylic acids is 1. The number of rotatable bonds is 6. The minimum absolute atomic E-state index is 0.223. The minimum Gasteiger partial charge on any atom is -0.478 e. The van der Waals surface area contributed by atoms with Crippen molar-refractivity contribution in [2.24, 2.45) is 0 Å². The van der Waals surface area contributed by atoms with Crippen LogP contribution >= 0.6 is 11.8 Å². The Hall–Kier alpha value is -1.14. The van der Waals surface area contributed by atoms with Gasteiger partial charge in [-0.25, -0.2) is 14.8 Å². The van der Waals surface area contributed by atoms with Gasteiger partial charge in [0.1, 0.15) is 16.4 Å². The predicted octanol–water partition coefficient (Wildman–Crippen LogP) is 2.10. The normalized spacial score (nSPS) is 14.8. The Morgan fingerprint density at radius 3 is 2.78 bits per heavy atom. The summed E-state index contributed by atoms with van der Waals surface area (Å²) in [5, 5.41) is 9.79. The van der Waals surface area contributed by atoms with Crippen LogP contribution in [-0.2, 0) is 4.74 Å². The SMILES string of the molecule is COCCSc1nc(C2CC2)nc(C)c1C(=O)O. The second-order valence-electron chi connectivity index (χ2n) is 4.27. The Morgan fingerprint density at radius 2 is 2.22 bits per heavy atom. The van der Waals surface area contributed by atoms with Gasteiger partial charge in [0.15, 0.2) is 0 Å². The van der Waals surface area contributed by atoms with Gasteiger partial charge in [-0.2, -0.15) is 0 Å². The van der Waals surface area contributed by atoms with Crippen LogP contribution < -0.4 is 0 Å². The Morgan fingerprint density at radius 1 is 1.50 bits per heavy atom. The van der Waals surface area contributed by atoms with Gasteiger partial charge in [0.2, 0.25) is 0 Å². The molecule has 0 aromatic carbocycles. The molecule has 98 valence electrons. The molecular formula is C12H16N2O3S. The molecule has 0 amide bonds. The topological polar surface area (TPSA) is 72.3 Å². The van der Waals surface area contributed by atoms with Gasteiger partial charge >= 0.3 is 5.97 Å². The molecule has 0 saturated heterocycles. The molecule has 1 heterocycles. The van der Waals surface area contributed by atoms with Crippen molar-refractivity contribution < 1.29 is 14.6 Å². The van der Waals surface area contributed by atoms with E-state index in [1.54, 1.807) is 14.0 Å². The molecular weight excluding hydrogens is 252 g/mol. The molecule has 6 heteroatoms. The van der Waals surface area contributed by atoms with E-state index in [-0.39, 0.29) is 5.56 Å². The minimum atomic E-state index is -0.963. The van der Waals surface area contributed by atoms with Crippen molar-refractivity contribution in [3.05, 3.63) is 17.1 Å². The molecule has 1 N–H and O–H groups in total. The Labute approximate surface area is 110 Å². The van der Waals surface area contributed by atoms with E-state index in [9.17, 15) is 9.90 Å². The van der Waals surface area contributed by atoms with Crippen molar-refractivity contribution in [3.8, 4) is 0 Å². The summed E-state index contributed by atoms with van der Waals surface area (Å²) < 4.78 is 4.97. The number of hydrogen-bond donors (Lipinski definition) is 1. The Balaban J connectivity index is 2.28. The highest BCUT2D eigenvalue weighted by atomic mass is 32.2. The van der Waals surface area contributed by atoms with Crippen LogP contribution in [0.4, 0.5) is 0 Å². The zero-order valence-corrected chi connectivity index (χ0v) is 11.3. The maximum absolute atomic E-state index is 11.2. The maximum Gasteiger partial charge on any atom is 0.340 e. The van der Waals surface area contributed by atoms with Crippen molar-refractivity contribution in [1.82, 2.24) is 9.97 Å². The fraction of sp³-hybridized carbons (Fsp3) is 0.583. The van der Waals surface area contributed by atoms with Gasteiger partial charge in [-0.15, -0.1) is 11.8 Å². The number of carboxylic acids is 1. The molecule has 1 aliphatic carbocycles. The smallest absolute Gasteiger partial charge is 0.340 e. The second kappa shape index (κ2) is 5.67. The first-order chi connectivity index (χ1) is 8.63. The van der Waals surface area contributed by atoms with Crippen molar-refractivity contribution >= 4 is 17.7 Å². The Kier molecular flexibility index (Phi) is 4.19. The predicted molar refractivity (Wildman–Crippen MR) is 68.3 cm³/mol. The number of thioether (sulfide) groups is 1. The van der Waals surface area contributed by atoms with Crippen LogP contribution in [0.15, 0.2) is 5.03 Å². The lowest BCUT2D eigenvalue weighted by molar-refractivity contribution is 0.0690. The van der Waals surface area contributed by atoms with Crippen LogP contribution in [0.1, 0.15) is 40.6 Å². The number of aryl methyl sites for hydroxylation is 1. The summed E-state index contributed by atoms with van der Waals surface area (Å²) in [6, 6.07) is 0. The van der Waals surface area contributed by atoms with Gasteiger partial charge < -0.3 is 9.84 Å². The third kappa shape index (κ3) is 3.00. The van der Waals surface area contributed by atoms with Crippen LogP contribution in [0, 0.1) is 6.92 Å². The van der Waals surface area contributed by atoms with Crippen molar-refractivity contribution in [1.29, 1.82) is 0 Å². The van der Waals surface area contributed by atoms with E-state index >= 15 is 0 Å². The van der Waals surface area contributed by atoms with Crippen molar-refractivity contribution in [3.63, 3.8) is 0 Å². The average molecular weight is 268 g/mol. The first-order valence-corrected chi connectivity index (χ1v) is 6.85. The molecule has 1 saturated carbocycles. The molecule has 5 nitrogen and oxygen atoms in total. The van der Waals surface area contributed by atoms with E-state index in [1.807, 2.05) is 0 Å². The summed E-state index contributed by atoms with van der Waals surface area (Å²) in [7, 11) is 1.62. The fourth-order valence-corrected chi connectivity index (χ4v) is 2.64. The highest BCUT2D eigenvalue weighted by Crippen LogP contribution is 2.39. The van der Waals surface area contributed by atoms with Crippen molar-refractivity contribution in [2.75, 3.05) is 19.5 Å². The van der Waals surface area contributed by atoms with Crippen LogP contribution in [0.25, 0.3) is 0 Å². The van der Waals surface area contributed by atoms with Gasteiger partial charge in [0.25, 0.3) is 0 Å². The monoisotopic (exact) mass is 268 g/mol. The molecule has 1 fully saturated rings. The third-order valence-electron chi connectivity index (χ3n) is 2.76. The number of aromatic nitrogens is 2. The summed E-state index contributed by atoms with van der Waals surface area (Å²) in [4.78, 5) is 20.0. The van der Waals surface area contributed by atoms with Gasteiger partial charge in [0.05, 0.1) is 12.3 Å². The van der Waals surface area contributed by atoms with E-state index in [2.05, 4.69) is 9.97 Å². The summed E-state index contributed by atoms with van der Waals surface area (Å²) >= 11 is 1.42. The Bertz CT molecular complexity index is 461. The van der Waals surface area contributed by atoms with Crippen LogP contribution in [-0.4, -0.2) is 40.5 Å². The quantitative estimate of drug-likeness (QED) is 0.484. The highest BCUT2D eigenvalue weighted by molar-refractivity contribution is 7.99. The molecule has 1 aliphatic rings. The molecule has 2 rings (SSSR count). The van der Waals surface area contributed by atoms with Gasteiger partial charge in [-0.3, -0.25) is 0 Å². The molecule has 0 unspecified atom stereocenters. The number of nitrogens with zero attached hydrogens (tertiary/aromatic N) is 2. The van der Waals surface area contributed by atoms with Crippen LogP contribution in [0.5, 0.6) is 0 Å². The van der Waals surface area contributed by atoms with Crippen LogP contribution in [0.2, 0.25) is 0 Å².